The fraction of sp³-hybridized carbons (Fsp3) is 0.733. The highest BCUT2D eigenvalue weighted by molar-refractivity contribution is 7.07. The summed E-state index contributed by atoms with van der Waals surface area (Å²) >= 11 is 1.64. The molecule has 1 amide bonds. The fourth-order valence-electron chi connectivity index (χ4n) is 3.15. The number of amides is 1. The number of hydrogen-bond acceptors (Lipinski definition) is 5. The number of nitrogens with zero attached hydrogens (tertiary/aromatic N) is 3. The van der Waals surface area contributed by atoms with E-state index in [-0.39, 0.29) is 24.8 Å². The van der Waals surface area contributed by atoms with Crippen LogP contribution in [0.15, 0.2) is 10.9 Å². The molecule has 1 aromatic rings. The Morgan fingerprint density at radius 2 is 2.09 bits per heavy atom. The first-order valence-electron chi connectivity index (χ1n) is 7.89. The minimum Gasteiger partial charge on any atom is -0.340 e. The lowest BCUT2D eigenvalue weighted by atomic mass is 10.0. The molecule has 0 spiro atoms. The molecule has 0 radical (unpaired) electrons. The summed E-state index contributed by atoms with van der Waals surface area (Å²) in [7, 11) is 0. The average Bonchev–Trinajstić information content (AvgIpc) is 3.19. The molecule has 3 rings (SSSR count). The zero-order valence-corrected chi connectivity index (χ0v) is 15.7. The maximum Gasteiger partial charge on any atom is 0.222 e. The van der Waals surface area contributed by atoms with Crippen LogP contribution in [0.2, 0.25) is 0 Å². The van der Waals surface area contributed by atoms with Crippen LogP contribution in [0.5, 0.6) is 0 Å². The van der Waals surface area contributed by atoms with Gasteiger partial charge in [-0.3, -0.25) is 9.69 Å². The first-order chi connectivity index (χ1) is 10.3. The van der Waals surface area contributed by atoms with Gasteiger partial charge in [0.25, 0.3) is 0 Å². The number of rotatable bonds is 5. The second-order valence-electron chi connectivity index (χ2n) is 6.03. The summed E-state index contributed by atoms with van der Waals surface area (Å²) in [6.45, 7) is 6.79. The average molecular weight is 381 g/mol. The van der Waals surface area contributed by atoms with Crippen LogP contribution in [-0.4, -0.2) is 60.0 Å². The van der Waals surface area contributed by atoms with E-state index in [1.54, 1.807) is 11.3 Å². The predicted octanol–water partition coefficient (Wildman–Crippen LogP) is 2.02. The Morgan fingerprint density at radius 3 is 2.70 bits per heavy atom. The van der Waals surface area contributed by atoms with Crippen LogP contribution in [0, 0.1) is 5.92 Å². The lowest BCUT2D eigenvalue weighted by Crippen LogP contribution is -2.48. The van der Waals surface area contributed by atoms with Gasteiger partial charge in [-0.15, -0.1) is 36.2 Å². The van der Waals surface area contributed by atoms with E-state index in [9.17, 15) is 4.79 Å². The van der Waals surface area contributed by atoms with Crippen molar-refractivity contribution in [2.45, 2.75) is 25.8 Å². The second-order valence-corrected chi connectivity index (χ2v) is 6.75. The molecular weight excluding hydrogens is 355 g/mol. The van der Waals surface area contributed by atoms with Crippen molar-refractivity contribution in [1.29, 1.82) is 0 Å². The smallest absolute Gasteiger partial charge is 0.222 e. The molecule has 1 unspecified atom stereocenters. The summed E-state index contributed by atoms with van der Waals surface area (Å²) in [4.78, 5) is 21.0. The molecular formula is C15H26Cl2N4OS. The van der Waals surface area contributed by atoms with Crippen molar-refractivity contribution in [2.24, 2.45) is 5.92 Å². The molecule has 2 aliphatic heterocycles. The van der Waals surface area contributed by atoms with Crippen LogP contribution in [0.25, 0.3) is 0 Å². The molecule has 5 nitrogen and oxygen atoms in total. The van der Waals surface area contributed by atoms with Crippen LogP contribution in [0.3, 0.4) is 0 Å². The molecule has 1 aromatic heterocycles. The van der Waals surface area contributed by atoms with Gasteiger partial charge in [-0.25, -0.2) is 4.98 Å². The topological polar surface area (TPSA) is 48.5 Å². The van der Waals surface area contributed by atoms with Crippen molar-refractivity contribution in [3.05, 3.63) is 16.6 Å². The lowest BCUT2D eigenvalue weighted by Gasteiger charge is -2.34. The van der Waals surface area contributed by atoms with Gasteiger partial charge in [-0.1, -0.05) is 0 Å². The van der Waals surface area contributed by atoms with E-state index in [2.05, 4.69) is 20.6 Å². The van der Waals surface area contributed by atoms with Gasteiger partial charge in [0.1, 0.15) is 0 Å². The quantitative estimate of drug-likeness (QED) is 0.848. The zero-order valence-electron chi connectivity index (χ0n) is 13.3. The summed E-state index contributed by atoms with van der Waals surface area (Å²) in [5.41, 5.74) is 3.03. The van der Waals surface area contributed by atoms with E-state index in [1.807, 2.05) is 10.4 Å². The number of carbonyl (C=O) groups is 1. The summed E-state index contributed by atoms with van der Waals surface area (Å²) in [5.74, 6) is 1.05. The van der Waals surface area contributed by atoms with Crippen molar-refractivity contribution in [1.82, 2.24) is 20.1 Å². The molecule has 0 aliphatic carbocycles. The monoisotopic (exact) mass is 380 g/mol. The third-order valence-corrected chi connectivity index (χ3v) is 5.16. The highest BCUT2D eigenvalue weighted by Gasteiger charge is 2.23. The molecule has 8 heteroatoms. The maximum absolute atomic E-state index is 12.3. The van der Waals surface area contributed by atoms with Gasteiger partial charge in [0.15, 0.2) is 0 Å². The molecule has 3 heterocycles. The lowest BCUT2D eigenvalue weighted by molar-refractivity contribution is -0.133. The normalized spacial score (nSPS) is 21.6. The Bertz CT molecular complexity index is 446. The summed E-state index contributed by atoms with van der Waals surface area (Å²) < 4.78 is 0. The van der Waals surface area contributed by atoms with Gasteiger partial charge in [0.05, 0.1) is 11.2 Å². The van der Waals surface area contributed by atoms with E-state index in [0.717, 1.165) is 64.3 Å². The van der Waals surface area contributed by atoms with Crippen molar-refractivity contribution < 1.29 is 4.79 Å². The SMILES string of the molecule is Cl.Cl.O=C(CCC1CCNC1)N1CCN(Cc2cscn2)CC1. The third kappa shape index (κ3) is 6.19. The van der Waals surface area contributed by atoms with Crippen LogP contribution in [-0.2, 0) is 11.3 Å². The Labute approximate surface area is 154 Å². The van der Waals surface area contributed by atoms with Crippen LogP contribution in [0.4, 0.5) is 0 Å². The highest BCUT2D eigenvalue weighted by atomic mass is 35.5. The number of piperazine rings is 1. The van der Waals surface area contributed by atoms with E-state index < -0.39 is 0 Å². The Hall–Kier alpha value is -0.400. The largest absolute Gasteiger partial charge is 0.340 e. The highest BCUT2D eigenvalue weighted by Crippen LogP contribution is 2.16. The molecule has 23 heavy (non-hydrogen) atoms. The van der Waals surface area contributed by atoms with Gasteiger partial charge in [0.2, 0.25) is 5.91 Å². The van der Waals surface area contributed by atoms with Crippen LogP contribution in [0.1, 0.15) is 25.0 Å². The third-order valence-electron chi connectivity index (χ3n) is 4.52. The molecule has 2 aliphatic rings. The molecule has 0 aromatic carbocycles. The predicted molar refractivity (Wildman–Crippen MR) is 98.7 cm³/mol. The van der Waals surface area contributed by atoms with Crippen molar-refractivity contribution in [3.8, 4) is 0 Å². The molecule has 0 saturated carbocycles. The number of carbonyl (C=O) groups excluding carboxylic acids is 1. The van der Waals surface area contributed by atoms with Crippen LogP contribution >= 0.6 is 36.2 Å². The van der Waals surface area contributed by atoms with Gasteiger partial charge in [-0.2, -0.15) is 0 Å². The van der Waals surface area contributed by atoms with Crippen LogP contribution < -0.4 is 5.32 Å². The summed E-state index contributed by atoms with van der Waals surface area (Å²) in [6.07, 6.45) is 3.00. The number of nitrogens with one attached hydrogen (secondary N) is 1. The zero-order chi connectivity index (χ0) is 14.5. The molecule has 2 saturated heterocycles. The Kier molecular flexibility index (Phi) is 9.39. The molecule has 1 N–H and O–H groups in total. The molecule has 1 atom stereocenters. The molecule has 132 valence electrons. The van der Waals surface area contributed by atoms with E-state index in [1.165, 1.54) is 6.42 Å². The number of thiazole rings is 1. The van der Waals surface area contributed by atoms with E-state index in [0.29, 0.717) is 11.8 Å². The first-order valence-corrected chi connectivity index (χ1v) is 8.83. The maximum atomic E-state index is 12.3. The molecule has 0 bridgehead atoms. The number of aromatic nitrogens is 1. The van der Waals surface area contributed by atoms with Gasteiger partial charge in [0, 0.05) is 44.5 Å². The Balaban J connectivity index is 0.00000132. The number of hydrogen-bond donors (Lipinski definition) is 1. The van der Waals surface area contributed by atoms with Gasteiger partial charge < -0.3 is 10.2 Å². The number of halogens is 2. The van der Waals surface area contributed by atoms with Gasteiger partial charge >= 0.3 is 0 Å². The first kappa shape index (κ1) is 20.6. The van der Waals surface area contributed by atoms with E-state index in [4.69, 9.17) is 0 Å². The Morgan fingerprint density at radius 1 is 1.30 bits per heavy atom. The standard InChI is InChI=1S/C15H24N4OS.2ClH/c20-15(2-1-13-3-4-16-9-13)19-7-5-18(6-8-19)10-14-11-21-12-17-14;;/h11-13,16H,1-10H2;2*1H. The van der Waals surface area contributed by atoms with Crippen molar-refractivity contribution in [3.63, 3.8) is 0 Å². The second kappa shape index (κ2) is 10.5. The van der Waals surface area contributed by atoms with Gasteiger partial charge in [-0.05, 0) is 31.8 Å². The summed E-state index contributed by atoms with van der Waals surface area (Å²) in [5, 5.41) is 5.47. The minimum absolute atomic E-state index is 0. The van der Waals surface area contributed by atoms with Crippen molar-refractivity contribution in [2.75, 3.05) is 39.3 Å². The van der Waals surface area contributed by atoms with Crippen molar-refractivity contribution >= 4 is 42.1 Å². The fourth-order valence-corrected chi connectivity index (χ4v) is 3.70. The minimum atomic E-state index is 0. The molecule has 2 fully saturated rings. The summed E-state index contributed by atoms with van der Waals surface area (Å²) in [6, 6.07) is 0. The van der Waals surface area contributed by atoms with E-state index >= 15 is 0 Å².